The number of nitrogens with zero attached hydrogens (tertiary/aromatic N) is 2. The quantitative estimate of drug-likeness (QED) is 0.409. The van der Waals surface area contributed by atoms with Gasteiger partial charge in [0.05, 0.1) is 22.4 Å². The molecular weight excluding hydrogens is 557 g/mol. The van der Waals surface area contributed by atoms with E-state index >= 15 is 0 Å². The van der Waals surface area contributed by atoms with Crippen LogP contribution in [-0.2, 0) is 27.4 Å². The molecule has 2 heterocycles. The smallest absolute Gasteiger partial charge is 0.369 e. The molecule has 8 nitrogen and oxygen atoms in total. The molecule has 0 aliphatic carbocycles. The number of benzene rings is 2. The zero-order valence-electron chi connectivity index (χ0n) is 20.4. The fourth-order valence-electron chi connectivity index (χ4n) is 4.47. The van der Waals surface area contributed by atoms with Gasteiger partial charge in [-0.1, -0.05) is 41.9 Å². The van der Waals surface area contributed by atoms with E-state index in [1.54, 1.807) is 18.2 Å². The first-order valence-corrected chi connectivity index (χ1v) is 13.7. The van der Waals surface area contributed by atoms with Crippen molar-refractivity contribution in [2.45, 2.75) is 36.4 Å². The van der Waals surface area contributed by atoms with Gasteiger partial charge >= 0.3 is 6.18 Å². The van der Waals surface area contributed by atoms with E-state index in [2.05, 4.69) is 9.71 Å². The second-order valence-corrected chi connectivity index (χ2v) is 11.1. The summed E-state index contributed by atoms with van der Waals surface area (Å²) in [4.78, 5) is 28.6. The molecule has 206 valence electrons. The number of piperidine rings is 1. The third-order valence-electron chi connectivity index (χ3n) is 6.35. The van der Waals surface area contributed by atoms with Crippen LogP contribution in [0.5, 0.6) is 0 Å². The molecule has 0 saturated carbocycles. The first-order chi connectivity index (χ1) is 18.3. The molecule has 2 amide bonds. The van der Waals surface area contributed by atoms with E-state index in [4.69, 9.17) is 17.3 Å². The second kappa shape index (κ2) is 11.3. The Bertz CT molecular complexity index is 1490. The highest BCUT2D eigenvalue weighted by Crippen LogP contribution is 2.38. The number of carbonyl (C=O) groups excluding carboxylic acids is 2. The number of pyridine rings is 1. The molecule has 0 spiro atoms. The number of rotatable bonds is 7. The van der Waals surface area contributed by atoms with E-state index in [0.717, 1.165) is 12.1 Å². The Morgan fingerprint density at radius 2 is 1.77 bits per heavy atom. The lowest BCUT2D eigenvalue weighted by Gasteiger charge is -2.32. The van der Waals surface area contributed by atoms with E-state index in [1.807, 2.05) is 0 Å². The van der Waals surface area contributed by atoms with E-state index in [1.165, 1.54) is 35.4 Å². The summed E-state index contributed by atoms with van der Waals surface area (Å²) in [5.74, 6) is -0.952. The Morgan fingerprint density at radius 3 is 2.38 bits per heavy atom. The number of hydrogen-bond acceptors (Lipinski definition) is 5. The summed E-state index contributed by atoms with van der Waals surface area (Å²) < 4.78 is 70.8. The Morgan fingerprint density at radius 1 is 1.08 bits per heavy atom. The van der Waals surface area contributed by atoms with Crippen LogP contribution in [0.2, 0.25) is 5.15 Å². The lowest BCUT2D eigenvalue weighted by atomic mass is 9.96. The summed E-state index contributed by atoms with van der Waals surface area (Å²) in [6, 6.07) is 11.6. The summed E-state index contributed by atoms with van der Waals surface area (Å²) in [5.41, 5.74) is 5.12. The highest BCUT2D eigenvalue weighted by Gasteiger charge is 2.38. The highest BCUT2D eigenvalue weighted by atomic mass is 35.5. The number of carbonyl (C=O) groups is 2. The maximum atomic E-state index is 14.1. The number of aromatic nitrogens is 1. The molecule has 2 aromatic carbocycles. The molecule has 1 aliphatic heterocycles. The highest BCUT2D eigenvalue weighted by molar-refractivity contribution is 7.89. The number of amides is 2. The van der Waals surface area contributed by atoms with Crippen molar-refractivity contribution in [3.8, 4) is 11.1 Å². The zero-order valence-corrected chi connectivity index (χ0v) is 22.0. The maximum absolute atomic E-state index is 14.1. The summed E-state index contributed by atoms with van der Waals surface area (Å²) in [7, 11) is -4.57. The van der Waals surface area contributed by atoms with Crippen LogP contribution < -0.4 is 10.5 Å². The fourth-order valence-corrected chi connectivity index (χ4v) is 6.09. The average Bonchev–Trinajstić information content (AvgIpc) is 2.88. The lowest BCUT2D eigenvalue weighted by Crippen LogP contribution is -2.46. The van der Waals surface area contributed by atoms with Crippen LogP contribution in [0.3, 0.4) is 0 Å². The monoisotopic (exact) mass is 580 g/mol. The SMILES string of the molecule is NC(=O)Cc1ccccc1-c1ccc(S(=O)(=O)NC2CCN(C(=O)c3ccc(Cl)nc3)CC2)c(C(F)(F)F)c1. The fraction of sp³-hybridized carbons (Fsp3) is 0.269. The lowest BCUT2D eigenvalue weighted by molar-refractivity contribution is -0.139. The topological polar surface area (TPSA) is 122 Å². The van der Waals surface area contributed by atoms with Crippen LogP contribution in [0.15, 0.2) is 65.7 Å². The molecule has 3 aromatic rings. The Labute approximate surface area is 228 Å². The molecule has 1 fully saturated rings. The number of hydrogen-bond donors (Lipinski definition) is 2. The molecule has 13 heteroatoms. The van der Waals surface area contributed by atoms with Crippen LogP contribution in [0.4, 0.5) is 13.2 Å². The summed E-state index contributed by atoms with van der Waals surface area (Å²) in [5, 5.41) is 0.237. The summed E-state index contributed by atoms with van der Waals surface area (Å²) >= 11 is 5.75. The third kappa shape index (κ3) is 6.75. The molecule has 39 heavy (non-hydrogen) atoms. The predicted octanol–water partition coefficient (Wildman–Crippen LogP) is 4.03. The molecule has 1 saturated heterocycles. The van der Waals surface area contributed by atoms with Gasteiger partial charge in [0.2, 0.25) is 15.9 Å². The number of nitrogens with two attached hydrogens (primary N) is 1. The van der Waals surface area contributed by atoms with Crippen molar-refractivity contribution in [2.24, 2.45) is 5.73 Å². The number of sulfonamides is 1. The van der Waals surface area contributed by atoms with Crippen molar-refractivity contribution >= 4 is 33.4 Å². The summed E-state index contributed by atoms with van der Waals surface area (Å²) in [6.45, 7) is 0.409. The van der Waals surface area contributed by atoms with Gasteiger partial charge in [-0.05, 0) is 53.8 Å². The Balaban J connectivity index is 1.54. The molecular formula is C26H24ClF3N4O4S. The van der Waals surface area contributed by atoms with Crippen LogP contribution in [0.25, 0.3) is 11.1 Å². The molecule has 0 unspecified atom stereocenters. The largest absolute Gasteiger partial charge is 0.417 e. The van der Waals surface area contributed by atoms with Crippen molar-refractivity contribution < 1.29 is 31.2 Å². The molecule has 0 bridgehead atoms. The minimum Gasteiger partial charge on any atom is -0.369 e. The maximum Gasteiger partial charge on any atom is 0.417 e. The minimum absolute atomic E-state index is 0.0987. The van der Waals surface area contributed by atoms with Crippen LogP contribution in [-0.4, -0.2) is 49.2 Å². The van der Waals surface area contributed by atoms with E-state index in [9.17, 15) is 31.2 Å². The van der Waals surface area contributed by atoms with Gasteiger partial charge in [-0.2, -0.15) is 13.2 Å². The molecule has 1 aliphatic rings. The van der Waals surface area contributed by atoms with E-state index in [-0.39, 0.29) is 49.0 Å². The Kier molecular flexibility index (Phi) is 8.28. The number of nitrogens with one attached hydrogen (secondary N) is 1. The standard InChI is InChI=1S/C26H24ClF3N4O4S/c27-23-8-6-18(15-32-23)25(36)34-11-9-19(10-12-34)33-39(37,38)22-7-5-17(13-21(22)26(28,29)30)20-4-2-1-3-16(20)14-24(31)35/h1-8,13,15,19,33H,9-12,14H2,(H2,31,35). The third-order valence-corrected chi connectivity index (χ3v) is 8.15. The Hall–Kier alpha value is -3.48. The van der Waals surface area contributed by atoms with Crippen molar-refractivity contribution in [3.63, 3.8) is 0 Å². The van der Waals surface area contributed by atoms with Gasteiger partial charge in [0.25, 0.3) is 5.91 Å². The van der Waals surface area contributed by atoms with Crippen molar-refractivity contribution in [2.75, 3.05) is 13.1 Å². The van der Waals surface area contributed by atoms with Gasteiger partial charge < -0.3 is 10.6 Å². The first-order valence-electron chi connectivity index (χ1n) is 11.9. The van der Waals surface area contributed by atoms with Crippen LogP contribution in [0, 0.1) is 0 Å². The molecule has 0 radical (unpaired) electrons. The van der Waals surface area contributed by atoms with Crippen molar-refractivity contribution in [1.82, 2.24) is 14.6 Å². The van der Waals surface area contributed by atoms with Gasteiger partial charge in [0, 0.05) is 25.3 Å². The first kappa shape index (κ1) is 28.5. The van der Waals surface area contributed by atoms with Crippen LogP contribution >= 0.6 is 11.6 Å². The number of likely N-dealkylation sites (tertiary alicyclic amines) is 1. The number of halogens is 4. The minimum atomic E-state index is -4.97. The van der Waals surface area contributed by atoms with Gasteiger partial charge in [0.1, 0.15) is 5.15 Å². The van der Waals surface area contributed by atoms with Crippen LogP contribution in [0.1, 0.15) is 34.3 Å². The number of alkyl halides is 3. The van der Waals surface area contributed by atoms with E-state index in [0.29, 0.717) is 16.7 Å². The average molecular weight is 581 g/mol. The molecule has 1 aromatic heterocycles. The molecule has 0 atom stereocenters. The predicted molar refractivity (Wildman–Crippen MR) is 138 cm³/mol. The van der Waals surface area contributed by atoms with Gasteiger partial charge in [-0.15, -0.1) is 0 Å². The zero-order chi connectivity index (χ0) is 28.4. The molecule has 4 rings (SSSR count). The van der Waals surface area contributed by atoms with Gasteiger partial charge in [-0.25, -0.2) is 18.1 Å². The summed E-state index contributed by atoms with van der Waals surface area (Å²) in [6.07, 6.45) is -3.39. The number of primary amides is 1. The van der Waals surface area contributed by atoms with E-state index < -0.39 is 38.6 Å². The van der Waals surface area contributed by atoms with Crippen molar-refractivity contribution in [3.05, 3.63) is 82.6 Å². The van der Waals surface area contributed by atoms with Gasteiger partial charge in [0.15, 0.2) is 0 Å². The van der Waals surface area contributed by atoms with Crippen molar-refractivity contribution in [1.29, 1.82) is 0 Å². The molecule has 3 N–H and O–H groups in total. The van der Waals surface area contributed by atoms with Gasteiger partial charge in [-0.3, -0.25) is 9.59 Å². The normalized spacial score (nSPS) is 14.8. The second-order valence-electron chi connectivity index (χ2n) is 9.07.